The molecule has 2 aromatic rings. The molecule has 0 atom stereocenters. The van der Waals surface area contributed by atoms with Crippen LogP contribution in [0.4, 0.5) is 15.8 Å². The summed E-state index contributed by atoms with van der Waals surface area (Å²) in [6.45, 7) is 2.07. The van der Waals surface area contributed by atoms with Gasteiger partial charge in [0.2, 0.25) is 0 Å². The van der Waals surface area contributed by atoms with E-state index >= 15 is 0 Å². The van der Waals surface area contributed by atoms with E-state index in [2.05, 4.69) is 28.2 Å². The molecule has 0 unspecified atom stereocenters. The summed E-state index contributed by atoms with van der Waals surface area (Å²) in [5.74, 6) is 0.599. The second kappa shape index (κ2) is 7.24. The van der Waals surface area contributed by atoms with Crippen LogP contribution in [-0.2, 0) is 0 Å². The molecule has 3 N–H and O–H groups in total. The lowest BCUT2D eigenvalue weighted by Crippen LogP contribution is -2.13. The summed E-state index contributed by atoms with van der Waals surface area (Å²) in [5, 5.41) is 3.18. The average molecular weight is 385 g/mol. The first kappa shape index (κ1) is 16.3. The van der Waals surface area contributed by atoms with Crippen molar-refractivity contribution in [2.75, 3.05) is 11.1 Å². The molecule has 0 aliphatic heterocycles. The maximum absolute atomic E-state index is 13.6. The maximum Gasteiger partial charge on any atom is 0.139 e. The summed E-state index contributed by atoms with van der Waals surface area (Å²) in [6, 6.07) is 10.7. The second-order valence-corrected chi connectivity index (χ2v) is 6.83. The molecule has 110 valence electrons. The number of benzene rings is 2. The molecule has 6 heteroatoms. The van der Waals surface area contributed by atoms with E-state index in [1.165, 1.54) is 6.07 Å². The van der Waals surface area contributed by atoms with E-state index in [9.17, 15) is 4.39 Å². The second-order valence-electron chi connectivity index (χ2n) is 4.23. The minimum atomic E-state index is -0.323. The molecule has 0 aromatic heterocycles. The number of nitrogens with two attached hydrogens (primary N) is 1. The van der Waals surface area contributed by atoms with Gasteiger partial charge in [-0.1, -0.05) is 25.2 Å². The fourth-order valence-corrected chi connectivity index (χ4v) is 3.28. The zero-order valence-electron chi connectivity index (χ0n) is 11.3. The lowest BCUT2D eigenvalue weighted by molar-refractivity contribution is 0.622. The first-order chi connectivity index (χ1) is 10.0. The van der Waals surface area contributed by atoms with Gasteiger partial charge in [-0.2, -0.15) is 0 Å². The molecule has 0 heterocycles. The number of hydrogen-bond donors (Lipinski definition) is 2. The summed E-state index contributed by atoms with van der Waals surface area (Å²) in [4.78, 5) is 1.35. The van der Waals surface area contributed by atoms with Crippen LogP contribution in [-0.4, -0.2) is 10.7 Å². The molecule has 2 aromatic carbocycles. The Hall–Kier alpha value is -1.11. The zero-order valence-corrected chi connectivity index (χ0v) is 14.5. The molecule has 0 aliphatic carbocycles. The Morgan fingerprint density at radius 1 is 1.38 bits per heavy atom. The molecule has 0 bridgehead atoms. The van der Waals surface area contributed by atoms with Gasteiger partial charge in [-0.25, -0.2) is 4.39 Å². The molecule has 0 aliphatic rings. The van der Waals surface area contributed by atoms with Gasteiger partial charge >= 0.3 is 0 Å². The fourth-order valence-electron chi connectivity index (χ4n) is 1.89. The Labute approximate surface area is 141 Å². The van der Waals surface area contributed by atoms with Crippen LogP contribution < -0.4 is 11.1 Å². The largest absolute Gasteiger partial charge is 0.389 e. The van der Waals surface area contributed by atoms with E-state index in [-0.39, 0.29) is 5.82 Å². The van der Waals surface area contributed by atoms with Crippen molar-refractivity contribution in [3.05, 3.63) is 52.3 Å². The molecule has 0 fully saturated rings. The minimum Gasteiger partial charge on any atom is -0.389 e. The van der Waals surface area contributed by atoms with Crippen molar-refractivity contribution < 1.29 is 4.39 Å². The Morgan fingerprint density at radius 3 is 2.76 bits per heavy atom. The number of hydrogen-bond acceptors (Lipinski definition) is 3. The van der Waals surface area contributed by atoms with Gasteiger partial charge in [-0.3, -0.25) is 0 Å². The summed E-state index contributed by atoms with van der Waals surface area (Å²) in [5.41, 5.74) is 8.07. The molecule has 0 radical (unpaired) electrons. The highest BCUT2D eigenvalue weighted by Gasteiger charge is 2.12. The number of rotatable bonds is 5. The zero-order chi connectivity index (χ0) is 15.4. The normalized spacial score (nSPS) is 10.4. The van der Waals surface area contributed by atoms with E-state index in [0.29, 0.717) is 15.1 Å². The molecular weight excluding hydrogens is 371 g/mol. The van der Waals surface area contributed by atoms with Crippen LogP contribution in [0.1, 0.15) is 12.5 Å². The fraction of sp³-hybridized carbons (Fsp3) is 0.133. The van der Waals surface area contributed by atoms with Crippen LogP contribution >= 0.6 is 39.9 Å². The highest BCUT2D eigenvalue weighted by Crippen LogP contribution is 2.31. The molecule has 2 rings (SSSR count). The predicted molar refractivity (Wildman–Crippen MR) is 96.1 cm³/mol. The lowest BCUT2D eigenvalue weighted by atomic mass is 10.1. The average Bonchev–Trinajstić information content (AvgIpc) is 2.43. The quantitative estimate of drug-likeness (QED) is 0.556. The number of anilines is 2. The van der Waals surface area contributed by atoms with Crippen molar-refractivity contribution >= 4 is 56.3 Å². The number of nitrogens with one attached hydrogen (secondary N) is 1. The third kappa shape index (κ3) is 3.96. The molecule has 21 heavy (non-hydrogen) atoms. The summed E-state index contributed by atoms with van der Waals surface area (Å²) in [6.07, 6.45) is 0. The van der Waals surface area contributed by atoms with Gasteiger partial charge in [0.1, 0.15) is 10.8 Å². The van der Waals surface area contributed by atoms with E-state index < -0.39 is 0 Å². The smallest absolute Gasteiger partial charge is 0.139 e. The Balaban J connectivity index is 2.41. The standard InChI is InChI=1S/C15H14BrFN2S2/c1-2-21-13-5-3-4-12(14(13)15(18)20)19-9-6-7-10(16)11(17)8-9/h3-8,19H,2H2,1H3,(H2,18,20). The Kier molecular flexibility index (Phi) is 5.61. The first-order valence-electron chi connectivity index (χ1n) is 6.30. The van der Waals surface area contributed by atoms with Crippen LogP contribution in [0.3, 0.4) is 0 Å². The van der Waals surface area contributed by atoms with Crippen molar-refractivity contribution in [3.63, 3.8) is 0 Å². The third-order valence-corrected chi connectivity index (χ3v) is 4.56. The van der Waals surface area contributed by atoms with Crippen molar-refractivity contribution in [2.24, 2.45) is 5.73 Å². The number of halogens is 2. The van der Waals surface area contributed by atoms with Gasteiger partial charge < -0.3 is 11.1 Å². The third-order valence-electron chi connectivity index (χ3n) is 2.77. The summed E-state index contributed by atoms with van der Waals surface area (Å²) >= 11 is 9.97. The molecule has 0 saturated carbocycles. The van der Waals surface area contributed by atoms with Gasteiger partial charge in [0.15, 0.2) is 0 Å². The van der Waals surface area contributed by atoms with Crippen LogP contribution in [0.25, 0.3) is 0 Å². The van der Waals surface area contributed by atoms with Gasteiger partial charge in [-0.15, -0.1) is 11.8 Å². The molecule has 2 nitrogen and oxygen atoms in total. The van der Waals surface area contributed by atoms with Gasteiger partial charge in [0.25, 0.3) is 0 Å². The molecule has 0 amide bonds. The van der Waals surface area contributed by atoms with Crippen LogP contribution in [0.15, 0.2) is 45.8 Å². The van der Waals surface area contributed by atoms with Crippen LogP contribution in [0.5, 0.6) is 0 Å². The summed E-state index contributed by atoms with van der Waals surface area (Å²) < 4.78 is 14.0. The molecule has 0 saturated heterocycles. The van der Waals surface area contributed by atoms with Crippen molar-refractivity contribution in [1.82, 2.24) is 0 Å². The highest BCUT2D eigenvalue weighted by atomic mass is 79.9. The SMILES string of the molecule is CCSc1cccc(Nc2ccc(Br)c(F)c2)c1C(N)=S. The van der Waals surface area contributed by atoms with E-state index in [0.717, 1.165) is 21.9 Å². The van der Waals surface area contributed by atoms with Crippen LogP contribution in [0, 0.1) is 5.82 Å². The van der Waals surface area contributed by atoms with E-state index in [1.807, 2.05) is 18.2 Å². The lowest BCUT2D eigenvalue weighted by Gasteiger charge is -2.15. The molecular formula is C15H14BrFN2S2. The van der Waals surface area contributed by atoms with Gasteiger partial charge in [-0.05, 0) is 52.0 Å². The van der Waals surface area contributed by atoms with Crippen molar-refractivity contribution in [3.8, 4) is 0 Å². The Morgan fingerprint density at radius 2 is 2.14 bits per heavy atom. The monoisotopic (exact) mass is 384 g/mol. The van der Waals surface area contributed by atoms with Crippen molar-refractivity contribution in [2.45, 2.75) is 11.8 Å². The Bertz CT molecular complexity index is 677. The van der Waals surface area contributed by atoms with Gasteiger partial charge in [0.05, 0.1) is 4.47 Å². The summed E-state index contributed by atoms with van der Waals surface area (Å²) in [7, 11) is 0. The topological polar surface area (TPSA) is 38.0 Å². The van der Waals surface area contributed by atoms with E-state index in [4.69, 9.17) is 18.0 Å². The number of thiocarbonyl (C=S) groups is 1. The van der Waals surface area contributed by atoms with Crippen LogP contribution in [0.2, 0.25) is 0 Å². The van der Waals surface area contributed by atoms with Gasteiger partial charge in [0, 0.05) is 21.8 Å². The maximum atomic E-state index is 13.6. The number of thioether (sulfide) groups is 1. The first-order valence-corrected chi connectivity index (χ1v) is 8.49. The van der Waals surface area contributed by atoms with E-state index in [1.54, 1.807) is 23.9 Å². The predicted octanol–water partition coefficient (Wildman–Crippen LogP) is 5.08. The minimum absolute atomic E-state index is 0.323. The molecule has 0 spiro atoms. The highest BCUT2D eigenvalue weighted by molar-refractivity contribution is 9.10. The van der Waals surface area contributed by atoms with Crippen molar-refractivity contribution in [1.29, 1.82) is 0 Å².